The highest BCUT2D eigenvalue weighted by atomic mass is 32.2. The van der Waals surface area contributed by atoms with Crippen LogP contribution in [0.3, 0.4) is 0 Å². The topological polar surface area (TPSA) is 73.3 Å². The molecule has 8 heteroatoms. The Morgan fingerprint density at radius 3 is 2.82 bits per heavy atom. The van der Waals surface area contributed by atoms with Crippen molar-refractivity contribution in [3.8, 4) is 11.5 Å². The molecule has 0 aliphatic heterocycles. The molecule has 1 aromatic heterocycles. The number of ether oxygens (including phenoxy) is 2. The molecule has 0 atom stereocenters. The predicted octanol–water partition coefficient (Wildman–Crippen LogP) is 5.27. The van der Waals surface area contributed by atoms with Gasteiger partial charge in [0.15, 0.2) is 15.8 Å². The summed E-state index contributed by atoms with van der Waals surface area (Å²) in [5, 5.41) is 11.3. The molecular weight excluding hydrogens is 394 g/mol. The lowest BCUT2D eigenvalue weighted by atomic mass is 10.2. The molecule has 1 heterocycles. The molecule has 1 aromatic carbocycles. The quantitative estimate of drug-likeness (QED) is 0.218. The number of hydrogen-bond acceptors (Lipinski definition) is 7. The van der Waals surface area contributed by atoms with Crippen LogP contribution in [0.2, 0.25) is 0 Å². The smallest absolute Gasteiger partial charge is 0.250 e. The van der Waals surface area contributed by atoms with Crippen LogP contribution in [0.25, 0.3) is 6.08 Å². The molecular formula is C20H27N3O3S2. The molecule has 0 aliphatic rings. The molecule has 0 saturated carbocycles. The number of unbranched alkanes of at least 4 members (excludes halogenated alkanes) is 2. The fraction of sp³-hybridized carbons (Fsp3) is 0.450. The number of nitrogens with one attached hydrogen (secondary N) is 1. The fourth-order valence-electron chi connectivity index (χ4n) is 2.27. The van der Waals surface area contributed by atoms with E-state index in [2.05, 4.69) is 29.4 Å². The summed E-state index contributed by atoms with van der Waals surface area (Å²) in [7, 11) is 1.61. The van der Waals surface area contributed by atoms with Gasteiger partial charge in [0.1, 0.15) is 0 Å². The summed E-state index contributed by atoms with van der Waals surface area (Å²) >= 11 is 3.02. The third-order valence-corrected chi connectivity index (χ3v) is 5.86. The molecule has 0 fully saturated rings. The number of benzene rings is 1. The number of amides is 1. The van der Waals surface area contributed by atoms with Crippen LogP contribution in [0.15, 0.2) is 28.6 Å². The largest absolute Gasteiger partial charge is 0.493 e. The zero-order valence-electron chi connectivity index (χ0n) is 16.6. The fourth-order valence-corrected chi connectivity index (χ4v) is 3.95. The van der Waals surface area contributed by atoms with Crippen molar-refractivity contribution in [2.45, 2.75) is 43.9 Å². The molecule has 0 spiro atoms. The number of thioether (sulfide) groups is 1. The van der Waals surface area contributed by atoms with Crippen molar-refractivity contribution >= 4 is 40.2 Å². The van der Waals surface area contributed by atoms with Crippen LogP contribution in [-0.2, 0) is 4.79 Å². The van der Waals surface area contributed by atoms with Crippen LogP contribution in [0.4, 0.5) is 5.13 Å². The number of hydrogen-bond donors (Lipinski definition) is 1. The first-order valence-corrected chi connectivity index (χ1v) is 11.2. The summed E-state index contributed by atoms with van der Waals surface area (Å²) in [5.74, 6) is 2.11. The molecule has 28 heavy (non-hydrogen) atoms. The molecule has 0 radical (unpaired) electrons. The van der Waals surface area contributed by atoms with E-state index in [4.69, 9.17) is 9.47 Å². The van der Waals surface area contributed by atoms with E-state index in [9.17, 15) is 4.79 Å². The van der Waals surface area contributed by atoms with Crippen molar-refractivity contribution in [1.29, 1.82) is 0 Å². The Bertz CT molecular complexity index is 778. The van der Waals surface area contributed by atoms with Crippen LogP contribution in [0.1, 0.15) is 45.1 Å². The van der Waals surface area contributed by atoms with Crippen molar-refractivity contribution in [2.75, 3.05) is 24.8 Å². The van der Waals surface area contributed by atoms with Gasteiger partial charge in [-0.2, -0.15) is 0 Å². The minimum Gasteiger partial charge on any atom is -0.493 e. The Morgan fingerprint density at radius 2 is 2.07 bits per heavy atom. The molecule has 1 N–H and O–H groups in total. The Labute approximate surface area is 174 Å². The van der Waals surface area contributed by atoms with Gasteiger partial charge in [0.2, 0.25) is 11.0 Å². The number of carbonyl (C=O) groups excluding carboxylic acids is 1. The van der Waals surface area contributed by atoms with Gasteiger partial charge in [-0.3, -0.25) is 10.1 Å². The van der Waals surface area contributed by atoms with Crippen molar-refractivity contribution in [2.24, 2.45) is 0 Å². The summed E-state index contributed by atoms with van der Waals surface area (Å²) in [6.45, 7) is 4.94. The summed E-state index contributed by atoms with van der Waals surface area (Å²) in [6.07, 6.45) is 7.59. The van der Waals surface area contributed by atoms with Gasteiger partial charge >= 0.3 is 0 Å². The SMILES string of the molecule is CCCCCOc1ccc(/C=C/C(=O)Nc2nnc(SCCC)s2)cc1OC. The first kappa shape index (κ1) is 22.2. The van der Waals surface area contributed by atoms with Crippen LogP contribution < -0.4 is 14.8 Å². The van der Waals surface area contributed by atoms with Crippen molar-refractivity contribution in [3.05, 3.63) is 29.8 Å². The van der Waals surface area contributed by atoms with Crippen molar-refractivity contribution < 1.29 is 14.3 Å². The summed E-state index contributed by atoms with van der Waals surface area (Å²) in [5.41, 5.74) is 0.851. The van der Waals surface area contributed by atoms with Crippen molar-refractivity contribution in [3.63, 3.8) is 0 Å². The third kappa shape index (κ3) is 7.52. The van der Waals surface area contributed by atoms with Crippen LogP contribution in [0, 0.1) is 0 Å². The normalized spacial score (nSPS) is 11.0. The Morgan fingerprint density at radius 1 is 1.21 bits per heavy atom. The summed E-state index contributed by atoms with van der Waals surface area (Å²) in [4.78, 5) is 12.1. The number of methoxy groups -OCH3 is 1. The Kier molecular flexibility index (Phi) is 9.85. The maximum Gasteiger partial charge on any atom is 0.250 e. The molecule has 0 aliphatic carbocycles. The molecule has 152 valence electrons. The summed E-state index contributed by atoms with van der Waals surface area (Å²) < 4.78 is 12.0. The number of anilines is 1. The van der Waals surface area contributed by atoms with E-state index in [1.54, 1.807) is 24.9 Å². The maximum absolute atomic E-state index is 12.1. The van der Waals surface area contributed by atoms with E-state index < -0.39 is 0 Å². The van der Waals surface area contributed by atoms with E-state index in [0.29, 0.717) is 23.2 Å². The van der Waals surface area contributed by atoms with Gasteiger partial charge in [-0.05, 0) is 36.6 Å². The third-order valence-electron chi connectivity index (χ3n) is 3.69. The van der Waals surface area contributed by atoms with Crippen LogP contribution in [0.5, 0.6) is 11.5 Å². The molecule has 6 nitrogen and oxygen atoms in total. The number of nitrogens with zero attached hydrogens (tertiary/aromatic N) is 2. The van der Waals surface area contributed by atoms with E-state index >= 15 is 0 Å². The number of rotatable bonds is 12. The second-order valence-electron chi connectivity index (χ2n) is 6.01. The van der Waals surface area contributed by atoms with Gasteiger partial charge in [-0.1, -0.05) is 55.9 Å². The second-order valence-corrected chi connectivity index (χ2v) is 8.33. The minimum absolute atomic E-state index is 0.248. The van der Waals surface area contributed by atoms with Gasteiger partial charge in [-0.25, -0.2) is 0 Å². The van der Waals surface area contributed by atoms with Crippen LogP contribution in [-0.4, -0.2) is 35.6 Å². The highest BCUT2D eigenvalue weighted by Gasteiger charge is 2.07. The zero-order chi connectivity index (χ0) is 20.2. The first-order valence-electron chi connectivity index (χ1n) is 9.42. The average Bonchev–Trinajstić information content (AvgIpc) is 3.15. The lowest BCUT2D eigenvalue weighted by molar-refractivity contribution is -0.111. The van der Waals surface area contributed by atoms with E-state index in [-0.39, 0.29) is 5.91 Å². The average molecular weight is 422 g/mol. The first-order chi connectivity index (χ1) is 13.7. The van der Waals surface area contributed by atoms with E-state index in [1.165, 1.54) is 17.4 Å². The van der Waals surface area contributed by atoms with E-state index in [1.807, 2.05) is 18.2 Å². The number of aromatic nitrogens is 2. The highest BCUT2D eigenvalue weighted by molar-refractivity contribution is 8.01. The molecule has 2 aromatic rings. The minimum atomic E-state index is -0.248. The van der Waals surface area contributed by atoms with Gasteiger partial charge in [0.25, 0.3) is 0 Å². The maximum atomic E-state index is 12.1. The molecule has 2 rings (SSSR count). The molecule has 0 saturated heterocycles. The highest BCUT2D eigenvalue weighted by Crippen LogP contribution is 2.29. The van der Waals surface area contributed by atoms with Gasteiger partial charge < -0.3 is 9.47 Å². The van der Waals surface area contributed by atoms with Crippen molar-refractivity contribution in [1.82, 2.24) is 10.2 Å². The monoisotopic (exact) mass is 421 g/mol. The van der Waals surface area contributed by atoms with E-state index in [0.717, 1.165) is 41.3 Å². The summed E-state index contributed by atoms with van der Waals surface area (Å²) in [6, 6.07) is 5.61. The Balaban J connectivity index is 1.91. The zero-order valence-corrected chi connectivity index (χ0v) is 18.2. The van der Waals surface area contributed by atoms with Gasteiger partial charge in [-0.15, -0.1) is 10.2 Å². The molecule has 1 amide bonds. The standard InChI is InChI=1S/C20H27N3O3S2/c1-4-6-7-12-26-16-10-8-15(14-17(16)25-3)9-11-18(24)21-19-22-23-20(28-19)27-13-5-2/h8-11,14H,4-7,12-13H2,1-3H3,(H,21,22,24)/b11-9+. The number of carbonyl (C=O) groups is 1. The molecule has 0 unspecified atom stereocenters. The second kappa shape index (κ2) is 12.4. The van der Waals surface area contributed by atoms with Gasteiger partial charge in [0, 0.05) is 11.8 Å². The van der Waals surface area contributed by atoms with Crippen LogP contribution >= 0.6 is 23.1 Å². The molecule has 0 bridgehead atoms. The predicted molar refractivity (Wildman–Crippen MR) is 117 cm³/mol. The lowest BCUT2D eigenvalue weighted by Gasteiger charge is -2.11. The lowest BCUT2D eigenvalue weighted by Crippen LogP contribution is -2.07. The van der Waals surface area contributed by atoms with Gasteiger partial charge in [0.05, 0.1) is 13.7 Å². The Hall–Kier alpha value is -2.06.